The third kappa shape index (κ3) is 5.72. The predicted octanol–water partition coefficient (Wildman–Crippen LogP) is 3.15. The van der Waals surface area contributed by atoms with Gasteiger partial charge in [0.2, 0.25) is 0 Å². The van der Waals surface area contributed by atoms with Gasteiger partial charge in [-0.05, 0) is 49.1 Å². The van der Waals surface area contributed by atoms with Crippen molar-refractivity contribution in [2.75, 3.05) is 27.4 Å². The van der Waals surface area contributed by atoms with Crippen molar-refractivity contribution in [1.82, 2.24) is 5.32 Å². The topological polar surface area (TPSA) is 73.9 Å². The number of thiophene rings is 1. The van der Waals surface area contributed by atoms with Gasteiger partial charge >= 0.3 is 5.97 Å². The van der Waals surface area contributed by atoms with Crippen molar-refractivity contribution in [2.45, 2.75) is 26.7 Å². The van der Waals surface area contributed by atoms with Crippen LogP contribution in [0.1, 0.15) is 32.6 Å². The van der Waals surface area contributed by atoms with Crippen LogP contribution in [0.5, 0.6) is 11.5 Å². The second-order valence-corrected chi connectivity index (χ2v) is 7.07. The molecule has 27 heavy (non-hydrogen) atoms. The predicted molar refractivity (Wildman–Crippen MR) is 105 cm³/mol. The highest BCUT2D eigenvalue weighted by atomic mass is 32.1. The Morgan fingerprint density at radius 1 is 1.11 bits per heavy atom. The van der Waals surface area contributed by atoms with Crippen LogP contribution in [0, 0.1) is 6.92 Å². The normalized spacial score (nSPS) is 10.4. The summed E-state index contributed by atoms with van der Waals surface area (Å²) in [5.41, 5.74) is 2.08. The largest absolute Gasteiger partial charge is 0.493 e. The van der Waals surface area contributed by atoms with Crippen LogP contribution in [0.4, 0.5) is 0 Å². The second-order valence-electron chi connectivity index (χ2n) is 5.94. The maximum absolute atomic E-state index is 12.0. The molecule has 1 N–H and O–H groups in total. The molecule has 1 heterocycles. The summed E-state index contributed by atoms with van der Waals surface area (Å²) in [7, 11) is 3.16. The summed E-state index contributed by atoms with van der Waals surface area (Å²) in [5.74, 6) is 0.519. The first-order chi connectivity index (χ1) is 13.0. The summed E-state index contributed by atoms with van der Waals surface area (Å²) < 4.78 is 15.6. The zero-order valence-corrected chi connectivity index (χ0v) is 16.9. The number of esters is 1. The Morgan fingerprint density at radius 2 is 1.85 bits per heavy atom. The zero-order chi connectivity index (χ0) is 19.8. The number of aryl methyl sites for hydroxylation is 2. The van der Waals surface area contributed by atoms with Crippen molar-refractivity contribution in [3.05, 3.63) is 45.1 Å². The van der Waals surface area contributed by atoms with Gasteiger partial charge in [0.15, 0.2) is 18.1 Å². The van der Waals surface area contributed by atoms with Crippen LogP contribution in [0.2, 0.25) is 0 Å². The van der Waals surface area contributed by atoms with E-state index in [0.717, 1.165) is 22.4 Å². The molecule has 1 aromatic carbocycles. The van der Waals surface area contributed by atoms with Crippen molar-refractivity contribution in [1.29, 1.82) is 0 Å². The van der Waals surface area contributed by atoms with Gasteiger partial charge in [0.05, 0.1) is 14.2 Å². The molecular formula is C20H25NO5S. The van der Waals surface area contributed by atoms with E-state index >= 15 is 0 Å². The highest BCUT2D eigenvalue weighted by molar-refractivity contribution is 7.14. The average molecular weight is 391 g/mol. The van der Waals surface area contributed by atoms with Crippen LogP contribution in [0.25, 0.3) is 0 Å². The average Bonchev–Trinajstić information content (AvgIpc) is 3.06. The SMILES string of the molecule is CCc1sc(C(=O)OCC(=O)NCCc2ccc(OC)c(OC)c2)cc1C. The van der Waals surface area contributed by atoms with Crippen LogP contribution in [0.15, 0.2) is 24.3 Å². The number of benzene rings is 1. The number of hydrogen-bond donors (Lipinski definition) is 1. The number of ether oxygens (including phenoxy) is 3. The fourth-order valence-electron chi connectivity index (χ4n) is 2.61. The van der Waals surface area contributed by atoms with E-state index in [-0.39, 0.29) is 12.5 Å². The first kappa shape index (κ1) is 20.8. The Balaban J connectivity index is 1.77. The van der Waals surface area contributed by atoms with Crippen molar-refractivity contribution in [3.8, 4) is 11.5 Å². The summed E-state index contributed by atoms with van der Waals surface area (Å²) in [4.78, 5) is 25.6. The summed E-state index contributed by atoms with van der Waals surface area (Å²) in [6.45, 7) is 4.15. The van der Waals surface area contributed by atoms with Gasteiger partial charge < -0.3 is 19.5 Å². The molecule has 1 amide bonds. The van der Waals surface area contributed by atoms with E-state index in [1.54, 1.807) is 20.3 Å². The van der Waals surface area contributed by atoms with Crippen molar-refractivity contribution in [3.63, 3.8) is 0 Å². The van der Waals surface area contributed by atoms with Gasteiger partial charge in [-0.3, -0.25) is 4.79 Å². The first-order valence-corrected chi connectivity index (χ1v) is 9.54. The Kier molecular flexibility index (Phi) is 7.67. The molecule has 0 unspecified atom stereocenters. The van der Waals surface area contributed by atoms with Crippen LogP contribution in [-0.4, -0.2) is 39.2 Å². The summed E-state index contributed by atoms with van der Waals surface area (Å²) in [6.07, 6.45) is 1.50. The number of carbonyl (C=O) groups is 2. The third-order valence-corrected chi connectivity index (χ3v) is 5.42. The number of rotatable bonds is 9. The Morgan fingerprint density at radius 3 is 2.48 bits per heavy atom. The van der Waals surface area contributed by atoms with E-state index in [1.165, 1.54) is 11.3 Å². The van der Waals surface area contributed by atoms with Gasteiger partial charge in [0.1, 0.15) is 4.88 Å². The standard InChI is InChI=1S/C20H25NO5S/c1-5-17-13(2)10-18(27-17)20(23)26-12-19(22)21-9-8-14-6-7-15(24-3)16(11-14)25-4/h6-7,10-11H,5,8-9,12H2,1-4H3,(H,21,22). The number of nitrogens with one attached hydrogen (secondary N) is 1. The van der Waals surface area contributed by atoms with Crippen molar-refractivity contribution >= 4 is 23.2 Å². The van der Waals surface area contributed by atoms with Crippen LogP contribution >= 0.6 is 11.3 Å². The van der Waals surface area contributed by atoms with Crippen LogP contribution in [-0.2, 0) is 22.4 Å². The molecule has 0 aliphatic rings. The lowest BCUT2D eigenvalue weighted by molar-refractivity contribution is -0.124. The van der Waals surface area contributed by atoms with E-state index in [4.69, 9.17) is 14.2 Å². The van der Waals surface area contributed by atoms with Crippen molar-refractivity contribution in [2.24, 2.45) is 0 Å². The van der Waals surface area contributed by atoms with Gasteiger partial charge in [0.25, 0.3) is 5.91 Å². The summed E-state index contributed by atoms with van der Waals surface area (Å²) in [5, 5.41) is 2.75. The third-order valence-electron chi connectivity index (χ3n) is 4.06. The van der Waals surface area contributed by atoms with Crippen LogP contribution < -0.4 is 14.8 Å². The zero-order valence-electron chi connectivity index (χ0n) is 16.1. The number of carbonyl (C=O) groups excluding carboxylic acids is 2. The van der Waals surface area contributed by atoms with E-state index < -0.39 is 5.97 Å². The monoisotopic (exact) mass is 391 g/mol. The number of amides is 1. The molecular weight excluding hydrogens is 366 g/mol. The molecule has 7 heteroatoms. The van der Waals surface area contributed by atoms with E-state index in [2.05, 4.69) is 5.32 Å². The highest BCUT2D eigenvalue weighted by Gasteiger charge is 2.14. The molecule has 0 aliphatic heterocycles. The molecule has 0 spiro atoms. The highest BCUT2D eigenvalue weighted by Crippen LogP contribution is 2.27. The number of methoxy groups -OCH3 is 2. The second kappa shape index (κ2) is 9.97. The summed E-state index contributed by atoms with van der Waals surface area (Å²) >= 11 is 1.41. The van der Waals surface area contributed by atoms with E-state index in [1.807, 2.05) is 32.0 Å². The van der Waals surface area contributed by atoms with Gasteiger partial charge in [-0.1, -0.05) is 13.0 Å². The molecule has 1 aromatic heterocycles. The minimum atomic E-state index is -0.460. The summed E-state index contributed by atoms with van der Waals surface area (Å²) in [6, 6.07) is 7.42. The lowest BCUT2D eigenvalue weighted by Gasteiger charge is -2.10. The molecule has 0 aliphatic carbocycles. The quantitative estimate of drug-likeness (QED) is 0.665. The molecule has 0 atom stereocenters. The fraction of sp³-hybridized carbons (Fsp3) is 0.400. The van der Waals surface area contributed by atoms with Crippen LogP contribution in [0.3, 0.4) is 0 Å². The molecule has 0 saturated carbocycles. The van der Waals surface area contributed by atoms with Gasteiger partial charge in [0, 0.05) is 11.4 Å². The maximum Gasteiger partial charge on any atom is 0.348 e. The van der Waals surface area contributed by atoms with E-state index in [9.17, 15) is 9.59 Å². The Bertz CT molecular complexity index is 800. The van der Waals surface area contributed by atoms with Gasteiger partial charge in [-0.2, -0.15) is 0 Å². The molecule has 0 fully saturated rings. The molecule has 0 bridgehead atoms. The van der Waals surface area contributed by atoms with Crippen molar-refractivity contribution < 1.29 is 23.8 Å². The smallest absolute Gasteiger partial charge is 0.348 e. The minimum absolute atomic E-state index is 0.289. The molecule has 2 aromatic rings. The van der Waals surface area contributed by atoms with Gasteiger partial charge in [-0.15, -0.1) is 11.3 Å². The Labute approximate surface area is 163 Å². The molecule has 0 saturated heterocycles. The lowest BCUT2D eigenvalue weighted by atomic mass is 10.1. The fourth-order valence-corrected chi connectivity index (χ4v) is 3.61. The molecule has 146 valence electrons. The molecule has 6 nitrogen and oxygen atoms in total. The minimum Gasteiger partial charge on any atom is -0.493 e. The van der Waals surface area contributed by atoms with Gasteiger partial charge in [-0.25, -0.2) is 4.79 Å². The maximum atomic E-state index is 12.0. The lowest BCUT2D eigenvalue weighted by Crippen LogP contribution is -2.30. The number of hydrogen-bond acceptors (Lipinski definition) is 6. The Hall–Kier alpha value is -2.54. The molecule has 2 rings (SSSR count). The first-order valence-electron chi connectivity index (χ1n) is 8.72. The van der Waals surface area contributed by atoms with E-state index in [0.29, 0.717) is 29.3 Å². The molecule has 0 radical (unpaired) electrons.